The summed E-state index contributed by atoms with van der Waals surface area (Å²) in [6, 6.07) is 14.0. The fourth-order valence-corrected chi connectivity index (χ4v) is 3.83. The summed E-state index contributed by atoms with van der Waals surface area (Å²) in [6.07, 6.45) is 0.531. The van der Waals surface area contributed by atoms with Crippen molar-refractivity contribution in [2.75, 3.05) is 6.54 Å². The first kappa shape index (κ1) is 20.1. The number of rotatable bonds is 6. The minimum absolute atomic E-state index is 0.0759. The topological polar surface area (TPSA) is 68.5 Å². The summed E-state index contributed by atoms with van der Waals surface area (Å²) in [5.41, 5.74) is 4.33. The van der Waals surface area contributed by atoms with Crippen molar-refractivity contribution >= 4 is 5.91 Å². The van der Waals surface area contributed by atoms with Crippen molar-refractivity contribution in [2.45, 2.75) is 52.7 Å². The van der Waals surface area contributed by atoms with Crippen LogP contribution >= 0.6 is 0 Å². The van der Waals surface area contributed by atoms with Gasteiger partial charge in [-0.3, -0.25) is 4.79 Å². The Hall–Kier alpha value is -3.15. The van der Waals surface area contributed by atoms with Crippen LogP contribution in [-0.2, 0) is 11.3 Å². The molecular formula is C24H27N3O3. The summed E-state index contributed by atoms with van der Waals surface area (Å²) in [5.74, 6) is 1.97. The number of amides is 1. The highest BCUT2D eigenvalue weighted by atomic mass is 16.5. The fourth-order valence-electron chi connectivity index (χ4n) is 3.83. The maximum atomic E-state index is 12.6. The average molecular weight is 405 g/mol. The molecule has 0 saturated carbocycles. The van der Waals surface area contributed by atoms with Crippen LogP contribution in [-0.4, -0.2) is 33.6 Å². The van der Waals surface area contributed by atoms with Crippen molar-refractivity contribution in [3.63, 3.8) is 0 Å². The zero-order valence-corrected chi connectivity index (χ0v) is 17.9. The maximum absolute atomic E-state index is 12.6. The molecule has 0 aliphatic carbocycles. The summed E-state index contributed by atoms with van der Waals surface area (Å²) >= 11 is 0. The van der Waals surface area contributed by atoms with Gasteiger partial charge in [0.1, 0.15) is 5.75 Å². The number of carbonyl (C=O) groups is 1. The molecule has 1 aliphatic rings. The van der Waals surface area contributed by atoms with Gasteiger partial charge in [-0.2, -0.15) is 4.98 Å². The molecule has 1 unspecified atom stereocenters. The number of aryl methyl sites for hydroxylation is 2. The molecule has 2 aromatic carbocycles. The van der Waals surface area contributed by atoms with E-state index in [1.807, 2.05) is 62.1 Å². The SMILES string of the molecule is Cc1ccc(-c2noc(C3CC(=O)N(Cc4ccc(OC(C)C)cc4)C3)n2)c(C)c1. The molecule has 1 fully saturated rings. The molecule has 0 spiro atoms. The highest BCUT2D eigenvalue weighted by Gasteiger charge is 2.34. The molecule has 4 rings (SSSR count). The van der Waals surface area contributed by atoms with Crippen molar-refractivity contribution in [3.05, 3.63) is 65.0 Å². The first-order chi connectivity index (χ1) is 14.4. The fraction of sp³-hybridized carbons (Fsp3) is 0.375. The van der Waals surface area contributed by atoms with Gasteiger partial charge in [0.2, 0.25) is 17.6 Å². The van der Waals surface area contributed by atoms with Gasteiger partial charge in [-0.25, -0.2) is 0 Å². The van der Waals surface area contributed by atoms with E-state index in [1.165, 1.54) is 5.56 Å². The monoisotopic (exact) mass is 405 g/mol. The van der Waals surface area contributed by atoms with E-state index in [4.69, 9.17) is 9.26 Å². The first-order valence-corrected chi connectivity index (χ1v) is 10.3. The molecule has 1 amide bonds. The molecule has 0 bridgehead atoms. The van der Waals surface area contributed by atoms with Crippen LogP contribution in [0.3, 0.4) is 0 Å². The lowest BCUT2D eigenvalue weighted by molar-refractivity contribution is -0.128. The minimum Gasteiger partial charge on any atom is -0.491 e. The number of ether oxygens (including phenoxy) is 1. The third-order valence-corrected chi connectivity index (χ3v) is 5.30. The smallest absolute Gasteiger partial charge is 0.232 e. The van der Waals surface area contributed by atoms with Gasteiger partial charge in [0, 0.05) is 25.1 Å². The Bertz CT molecular complexity index is 1040. The second-order valence-corrected chi connectivity index (χ2v) is 8.26. The van der Waals surface area contributed by atoms with E-state index >= 15 is 0 Å². The zero-order valence-electron chi connectivity index (χ0n) is 17.9. The standard InChI is InChI=1S/C24H27N3O3/c1-15(2)29-20-8-6-18(7-9-20)13-27-14-19(12-22(27)28)24-25-23(26-30-24)21-10-5-16(3)11-17(21)4/h5-11,15,19H,12-14H2,1-4H3. The Balaban J connectivity index is 1.43. The van der Waals surface area contributed by atoms with E-state index in [2.05, 4.69) is 23.1 Å². The normalized spacial score (nSPS) is 16.5. The molecule has 1 aliphatic heterocycles. The number of benzene rings is 2. The van der Waals surface area contributed by atoms with Gasteiger partial charge in [0.05, 0.1) is 12.0 Å². The van der Waals surface area contributed by atoms with Crippen LogP contribution in [0.15, 0.2) is 47.0 Å². The Morgan fingerprint density at radius 3 is 2.63 bits per heavy atom. The van der Waals surface area contributed by atoms with E-state index in [-0.39, 0.29) is 17.9 Å². The molecule has 156 valence electrons. The van der Waals surface area contributed by atoms with E-state index in [9.17, 15) is 4.79 Å². The Kier molecular flexibility index (Phi) is 5.57. The number of nitrogens with zero attached hydrogens (tertiary/aromatic N) is 3. The largest absolute Gasteiger partial charge is 0.491 e. The van der Waals surface area contributed by atoms with Crippen molar-refractivity contribution in [1.29, 1.82) is 0 Å². The van der Waals surface area contributed by atoms with Gasteiger partial charge >= 0.3 is 0 Å². The van der Waals surface area contributed by atoms with Crippen LogP contribution in [0.25, 0.3) is 11.4 Å². The van der Waals surface area contributed by atoms with Crippen LogP contribution in [0.4, 0.5) is 0 Å². The van der Waals surface area contributed by atoms with E-state index in [1.54, 1.807) is 0 Å². The molecule has 6 heteroatoms. The molecule has 0 radical (unpaired) electrons. The van der Waals surface area contributed by atoms with Gasteiger partial charge in [0.15, 0.2) is 0 Å². The summed E-state index contributed by atoms with van der Waals surface area (Å²) in [4.78, 5) is 19.0. The van der Waals surface area contributed by atoms with Crippen LogP contribution in [0.5, 0.6) is 5.75 Å². The van der Waals surface area contributed by atoms with Crippen LogP contribution < -0.4 is 4.74 Å². The molecule has 1 aromatic heterocycles. The highest BCUT2D eigenvalue weighted by molar-refractivity contribution is 5.79. The van der Waals surface area contributed by atoms with Crippen LogP contribution in [0.2, 0.25) is 0 Å². The summed E-state index contributed by atoms with van der Waals surface area (Å²) in [7, 11) is 0. The third kappa shape index (κ3) is 4.37. The lowest BCUT2D eigenvalue weighted by Crippen LogP contribution is -2.24. The van der Waals surface area contributed by atoms with E-state index < -0.39 is 0 Å². The van der Waals surface area contributed by atoms with Crippen LogP contribution in [0, 0.1) is 13.8 Å². The molecule has 6 nitrogen and oxygen atoms in total. The second-order valence-electron chi connectivity index (χ2n) is 8.26. The Labute approximate surface area is 176 Å². The van der Waals surface area contributed by atoms with E-state index in [0.717, 1.165) is 22.4 Å². The third-order valence-electron chi connectivity index (χ3n) is 5.30. The lowest BCUT2D eigenvalue weighted by Gasteiger charge is -2.16. The molecule has 30 heavy (non-hydrogen) atoms. The lowest BCUT2D eigenvalue weighted by atomic mass is 10.1. The summed E-state index contributed by atoms with van der Waals surface area (Å²) in [6.45, 7) is 9.24. The van der Waals surface area contributed by atoms with Crippen molar-refractivity contribution < 1.29 is 14.1 Å². The van der Waals surface area contributed by atoms with Gasteiger partial charge in [-0.1, -0.05) is 41.1 Å². The molecule has 3 aromatic rings. The van der Waals surface area contributed by atoms with Gasteiger partial charge in [-0.05, 0) is 51.0 Å². The predicted octanol–water partition coefficient (Wildman–Crippen LogP) is 4.66. The molecule has 0 N–H and O–H groups in total. The minimum atomic E-state index is -0.0759. The molecule has 2 heterocycles. The number of hydrogen-bond acceptors (Lipinski definition) is 5. The molecule has 1 saturated heterocycles. The number of aromatic nitrogens is 2. The first-order valence-electron chi connectivity index (χ1n) is 10.3. The van der Waals surface area contributed by atoms with Gasteiger partial charge < -0.3 is 14.2 Å². The van der Waals surface area contributed by atoms with Crippen molar-refractivity contribution in [1.82, 2.24) is 15.0 Å². The van der Waals surface area contributed by atoms with Gasteiger partial charge in [-0.15, -0.1) is 0 Å². The highest BCUT2D eigenvalue weighted by Crippen LogP contribution is 2.30. The van der Waals surface area contributed by atoms with Gasteiger partial charge in [0.25, 0.3) is 0 Å². The number of hydrogen-bond donors (Lipinski definition) is 0. The number of carbonyl (C=O) groups excluding carboxylic acids is 1. The predicted molar refractivity (Wildman–Crippen MR) is 114 cm³/mol. The van der Waals surface area contributed by atoms with Crippen molar-refractivity contribution in [2.24, 2.45) is 0 Å². The quantitative estimate of drug-likeness (QED) is 0.597. The Morgan fingerprint density at radius 2 is 1.93 bits per heavy atom. The average Bonchev–Trinajstić information content (AvgIpc) is 3.30. The maximum Gasteiger partial charge on any atom is 0.232 e. The van der Waals surface area contributed by atoms with Crippen LogP contribution in [0.1, 0.15) is 48.8 Å². The summed E-state index contributed by atoms with van der Waals surface area (Å²) < 4.78 is 11.2. The molecule has 1 atom stereocenters. The Morgan fingerprint density at radius 1 is 1.17 bits per heavy atom. The van der Waals surface area contributed by atoms with E-state index in [0.29, 0.717) is 31.2 Å². The number of likely N-dealkylation sites (tertiary alicyclic amines) is 1. The zero-order chi connectivity index (χ0) is 21.3. The molecular weight excluding hydrogens is 378 g/mol. The summed E-state index contributed by atoms with van der Waals surface area (Å²) in [5, 5.41) is 4.16. The van der Waals surface area contributed by atoms with Crippen molar-refractivity contribution in [3.8, 4) is 17.1 Å². The second kappa shape index (κ2) is 8.30.